The number of hydrogen-bond acceptors (Lipinski definition) is 10. The monoisotopic (exact) mass is 787 g/mol. The van der Waals surface area contributed by atoms with Crippen molar-refractivity contribution in [2.75, 3.05) is 25.4 Å². The third-order valence-corrected chi connectivity index (χ3v) is 11.6. The molecule has 0 spiro atoms. The van der Waals surface area contributed by atoms with Gasteiger partial charge in [-0.25, -0.2) is 9.97 Å². The highest BCUT2D eigenvalue weighted by Crippen LogP contribution is 2.34. The number of anilines is 1. The largest absolute Gasteiger partial charge is 0.389 e. The number of nitrogens with two attached hydrogens (primary N) is 1. The van der Waals surface area contributed by atoms with Gasteiger partial charge in [-0.1, -0.05) is 18.2 Å². The van der Waals surface area contributed by atoms with Crippen LogP contribution in [0.2, 0.25) is 0 Å². The number of pyridine rings is 1. The number of nitrogen functional groups attached to an aromatic ring is 1. The van der Waals surface area contributed by atoms with Crippen molar-refractivity contribution in [3.05, 3.63) is 54.4 Å². The number of rotatable bonds is 11. The number of carbonyl (C=O) groups is 6. The quantitative estimate of drug-likeness (QED) is 0.207. The molecule has 0 unspecified atom stereocenters. The molecule has 298 valence electrons. The first kappa shape index (κ1) is 40.7. The Labute approximate surface area is 330 Å². The van der Waals surface area contributed by atoms with Crippen molar-refractivity contribution in [2.24, 2.45) is 23.7 Å². The number of carbonyl (C=O) groups excluding carboxylic acids is 6. The van der Waals surface area contributed by atoms with E-state index in [0.717, 1.165) is 54.9 Å². The summed E-state index contributed by atoms with van der Waals surface area (Å²) in [5, 5.41) is 11.4. The fraction of sp³-hybridized carbons (Fsp3) is 0.512. The molecule has 7 rings (SSSR count). The van der Waals surface area contributed by atoms with Crippen LogP contribution < -0.4 is 5.73 Å². The molecule has 3 N–H and O–H groups in total. The van der Waals surface area contributed by atoms with Crippen molar-refractivity contribution in [3.8, 4) is 0 Å². The molecule has 0 radical (unpaired) electrons. The SMILES string of the molecule is CCN(Cc1nc2c(N)nc3ccccc3c2n1CC(C)(C)O)C(=O)C1CCC(CN2C(=O)C=CC2=O)CC1.O=C(Cl)C1CCC(CN2C(=O)C=CC2=O)CC1. The van der Waals surface area contributed by atoms with E-state index in [1.54, 1.807) is 13.8 Å². The number of amides is 5. The van der Waals surface area contributed by atoms with E-state index >= 15 is 0 Å². The molecule has 1 aromatic carbocycles. The van der Waals surface area contributed by atoms with Crippen LogP contribution in [0, 0.1) is 23.7 Å². The van der Waals surface area contributed by atoms with E-state index in [0.29, 0.717) is 55.6 Å². The van der Waals surface area contributed by atoms with Gasteiger partial charge < -0.3 is 20.3 Å². The Bertz CT molecular complexity index is 2050. The number of imide groups is 2. The van der Waals surface area contributed by atoms with Gasteiger partial charge in [-0.05, 0) is 102 Å². The molecule has 4 aliphatic rings. The first-order valence-corrected chi connectivity index (χ1v) is 19.8. The summed E-state index contributed by atoms with van der Waals surface area (Å²) in [6, 6.07) is 7.71. The van der Waals surface area contributed by atoms with Gasteiger partial charge in [-0.15, -0.1) is 0 Å². The van der Waals surface area contributed by atoms with Crippen LogP contribution in [-0.4, -0.2) is 94.4 Å². The Balaban J connectivity index is 0.000000261. The normalized spacial score (nSPS) is 22.7. The van der Waals surface area contributed by atoms with Crippen molar-refractivity contribution in [1.29, 1.82) is 0 Å². The number of fused-ring (bicyclic) bond motifs is 3. The first-order chi connectivity index (χ1) is 26.6. The second kappa shape index (κ2) is 17.0. The average molecular weight is 788 g/mol. The first-order valence-electron chi connectivity index (χ1n) is 19.4. The summed E-state index contributed by atoms with van der Waals surface area (Å²) in [5.41, 5.74) is 7.42. The van der Waals surface area contributed by atoms with Gasteiger partial charge in [0.1, 0.15) is 11.3 Å². The van der Waals surface area contributed by atoms with Gasteiger partial charge in [0.15, 0.2) is 5.82 Å². The zero-order valence-corrected chi connectivity index (χ0v) is 32.9. The van der Waals surface area contributed by atoms with Crippen LogP contribution in [0.3, 0.4) is 0 Å². The van der Waals surface area contributed by atoms with E-state index in [-0.39, 0.29) is 65.6 Å². The zero-order valence-electron chi connectivity index (χ0n) is 32.2. The molecule has 0 bridgehead atoms. The number of benzene rings is 1. The van der Waals surface area contributed by atoms with Crippen LogP contribution in [0.4, 0.5) is 5.82 Å². The van der Waals surface area contributed by atoms with Gasteiger partial charge >= 0.3 is 0 Å². The highest BCUT2D eigenvalue weighted by molar-refractivity contribution is 6.64. The molecule has 2 aliphatic heterocycles. The van der Waals surface area contributed by atoms with E-state index < -0.39 is 5.60 Å². The Hall–Kier alpha value is -4.95. The fourth-order valence-electron chi connectivity index (χ4n) is 8.26. The molecule has 2 aliphatic carbocycles. The zero-order chi connectivity index (χ0) is 40.3. The molecular formula is C41H50ClN7O7. The number of nitrogens with zero attached hydrogens (tertiary/aromatic N) is 6. The van der Waals surface area contributed by atoms with Crippen LogP contribution in [-0.2, 0) is 41.9 Å². The fourth-order valence-corrected chi connectivity index (χ4v) is 8.48. The second-order valence-electron chi connectivity index (χ2n) is 16.0. The smallest absolute Gasteiger partial charge is 0.253 e. The summed E-state index contributed by atoms with van der Waals surface area (Å²) in [6.07, 6.45) is 11.5. The van der Waals surface area contributed by atoms with Crippen molar-refractivity contribution >= 4 is 74.1 Å². The van der Waals surface area contributed by atoms with Gasteiger partial charge in [-0.3, -0.25) is 38.6 Å². The number of hydrogen-bond donors (Lipinski definition) is 2. The molecule has 0 atom stereocenters. The molecule has 15 heteroatoms. The second-order valence-corrected chi connectivity index (χ2v) is 16.3. The van der Waals surface area contributed by atoms with E-state index in [2.05, 4.69) is 4.98 Å². The van der Waals surface area contributed by atoms with Crippen LogP contribution in [0.15, 0.2) is 48.6 Å². The lowest BCUT2D eigenvalue weighted by atomic mass is 9.81. The van der Waals surface area contributed by atoms with Crippen LogP contribution >= 0.6 is 11.6 Å². The standard InChI is InChI=1S/C29H36N6O4.C12H14ClNO3/c1-4-33(28(38)19-11-9-18(10-12-19)15-34-23(36)13-14-24(34)37)16-22-32-25-26(35(22)17-29(2,3)39)20-7-5-6-8-21(20)31-27(25)30;13-12(17)9-3-1-8(2-4-9)7-14-10(15)5-6-11(14)16/h5-8,13-14,18-19,39H,4,9-12,15-17H2,1-3H3,(H2,30,31);5-6,8-9H,1-4,7H2. The Morgan fingerprint density at radius 1 is 0.821 bits per heavy atom. The van der Waals surface area contributed by atoms with Crippen LogP contribution in [0.5, 0.6) is 0 Å². The third kappa shape index (κ3) is 9.18. The maximum absolute atomic E-state index is 13.7. The number of imidazole rings is 1. The Morgan fingerprint density at radius 3 is 1.80 bits per heavy atom. The van der Waals surface area contributed by atoms with Gasteiger partial charge in [0.25, 0.3) is 23.6 Å². The highest BCUT2D eigenvalue weighted by Gasteiger charge is 2.34. The highest BCUT2D eigenvalue weighted by atomic mass is 35.5. The number of halogens is 1. The molecule has 4 heterocycles. The predicted octanol–water partition coefficient (Wildman–Crippen LogP) is 4.50. The van der Waals surface area contributed by atoms with Crippen molar-refractivity contribution in [1.82, 2.24) is 29.2 Å². The van der Waals surface area contributed by atoms with Crippen LogP contribution in [0.1, 0.15) is 78.0 Å². The number of aliphatic hydroxyl groups is 1. The summed E-state index contributed by atoms with van der Waals surface area (Å²) in [6.45, 7) is 7.41. The molecule has 2 fully saturated rings. The van der Waals surface area contributed by atoms with Gasteiger partial charge in [0.2, 0.25) is 11.1 Å². The predicted molar refractivity (Wildman–Crippen MR) is 210 cm³/mol. The topological polar surface area (TPSA) is 189 Å². The van der Waals surface area contributed by atoms with E-state index in [4.69, 9.17) is 22.3 Å². The summed E-state index contributed by atoms with van der Waals surface area (Å²) >= 11 is 5.45. The number of para-hydroxylation sites is 1. The van der Waals surface area contributed by atoms with Crippen LogP contribution in [0.25, 0.3) is 21.9 Å². The molecule has 56 heavy (non-hydrogen) atoms. The summed E-state index contributed by atoms with van der Waals surface area (Å²) < 4.78 is 1.97. The minimum absolute atomic E-state index is 0.0453. The third-order valence-electron chi connectivity index (χ3n) is 11.3. The van der Waals surface area contributed by atoms with Gasteiger partial charge in [-0.2, -0.15) is 0 Å². The summed E-state index contributed by atoms with van der Waals surface area (Å²) in [7, 11) is 0. The molecule has 14 nitrogen and oxygen atoms in total. The molecular weight excluding hydrogens is 738 g/mol. The minimum atomic E-state index is -1.02. The molecule has 2 aromatic heterocycles. The minimum Gasteiger partial charge on any atom is -0.389 e. The number of aromatic nitrogens is 3. The van der Waals surface area contributed by atoms with E-state index in [1.165, 1.54) is 34.1 Å². The lowest BCUT2D eigenvalue weighted by Gasteiger charge is -2.33. The van der Waals surface area contributed by atoms with Gasteiger partial charge in [0.05, 0.1) is 29.7 Å². The van der Waals surface area contributed by atoms with E-state index in [9.17, 15) is 33.9 Å². The summed E-state index contributed by atoms with van der Waals surface area (Å²) in [5.74, 6) is 0.407. The van der Waals surface area contributed by atoms with Crippen molar-refractivity contribution in [2.45, 2.75) is 90.8 Å². The Kier molecular flexibility index (Phi) is 12.4. The molecule has 5 amide bonds. The van der Waals surface area contributed by atoms with Crippen molar-refractivity contribution in [3.63, 3.8) is 0 Å². The molecule has 2 saturated carbocycles. The lowest BCUT2D eigenvalue weighted by molar-refractivity contribution is -0.140. The Morgan fingerprint density at radius 2 is 1.32 bits per heavy atom. The van der Waals surface area contributed by atoms with Crippen molar-refractivity contribution < 1.29 is 33.9 Å². The lowest BCUT2D eigenvalue weighted by Crippen LogP contribution is -2.40. The van der Waals surface area contributed by atoms with E-state index in [1.807, 2.05) is 40.7 Å². The molecule has 3 aromatic rings. The summed E-state index contributed by atoms with van der Waals surface area (Å²) in [4.78, 5) is 85.0. The van der Waals surface area contributed by atoms with Gasteiger partial charge in [0, 0.05) is 61.2 Å². The maximum atomic E-state index is 13.7. The maximum Gasteiger partial charge on any atom is 0.253 e. The molecule has 0 saturated heterocycles. The average Bonchev–Trinajstić information content (AvgIpc) is 3.80.